The molecule has 0 radical (unpaired) electrons. The van der Waals surface area contributed by atoms with Crippen LogP contribution in [0.25, 0.3) is 0 Å². The monoisotopic (exact) mass is 258 g/mol. The maximum Gasteiger partial charge on any atom is 0.263 e. The summed E-state index contributed by atoms with van der Waals surface area (Å²) in [5, 5.41) is 14.5. The molecule has 0 aliphatic rings. The molecule has 0 unspecified atom stereocenters. The molecular weight excluding hydrogens is 240 g/mol. The SMILES string of the molecule is CCCCNC(=O)/C(C#N)=C\NCc1ccccn1. The molecule has 1 aromatic heterocycles. The molecule has 1 amide bonds. The number of nitrogens with one attached hydrogen (secondary N) is 2. The quantitative estimate of drug-likeness (QED) is 0.441. The van der Waals surface area contributed by atoms with Gasteiger partial charge in [-0.05, 0) is 18.6 Å². The second-order valence-corrected chi connectivity index (χ2v) is 3.98. The first-order chi connectivity index (χ1) is 9.27. The summed E-state index contributed by atoms with van der Waals surface area (Å²) in [6.45, 7) is 3.12. The minimum Gasteiger partial charge on any atom is -0.384 e. The summed E-state index contributed by atoms with van der Waals surface area (Å²) in [6, 6.07) is 7.47. The number of carbonyl (C=O) groups is 1. The standard InChI is InChI=1S/C14H18N4O/c1-2-3-7-18-14(19)12(9-15)10-16-11-13-6-4-5-8-17-13/h4-6,8,10,16H,2-3,7,11H2,1H3,(H,18,19)/b12-10-. The average Bonchev–Trinajstić information content (AvgIpc) is 2.45. The number of carbonyl (C=O) groups excluding carboxylic acids is 1. The van der Waals surface area contributed by atoms with Gasteiger partial charge in [-0.2, -0.15) is 5.26 Å². The van der Waals surface area contributed by atoms with Gasteiger partial charge in [0.05, 0.1) is 12.2 Å². The van der Waals surface area contributed by atoms with Crippen LogP contribution in [0.2, 0.25) is 0 Å². The summed E-state index contributed by atoms with van der Waals surface area (Å²) in [4.78, 5) is 15.8. The third-order valence-corrected chi connectivity index (χ3v) is 2.44. The molecule has 5 heteroatoms. The second-order valence-electron chi connectivity index (χ2n) is 3.98. The summed E-state index contributed by atoms with van der Waals surface area (Å²) in [5.74, 6) is -0.343. The van der Waals surface area contributed by atoms with Crippen molar-refractivity contribution in [1.82, 2.24) is 15.6 Å². The summed E-state index contributed by atoms with van der Waals surface area (Å²) < 4.78 is 0. The fourth-order valence-electron chi connectivity index (χ4n) is 1.38. The van der Waals surface area contributed by atoms with Crippen molar-refractivity contribution in [2.24, 2.45) is 0 Å². The van der Waals surface area contributed by atoms with Gasteiger partial charge in [0, 0.05) is 18.9 Å². The lowest BCUT2D eigenvalue weighted by molar-refractivity contribution is -0.117. The van der Waals surface area contributed by atoms with Crippen molar-refractivity contribution in [2.45, 2.75) is 26.3 Å². The van der Waals surface area contributed by atoms with Crippen LogP contribution in [-0.4, -0.2) is 17.4 Å². The van der Waals surface area contributed by atoms with E-state index in [4.69, 9.17) is 5.26 Å². The van der Waals surface area contributed by atoms with Gasteiger partial charge >= 0.3 is 0 Å². The predicted octanol–water partition coefficient (Wildman–Crippen LogP) is 1.49. The zero-order valence-corrected chi connectivity index (χ0v) is 11.0. The van der Waals surface area contributed by atoms with Gasteiger partial charge in [0.1, 0.15) is 11.6 Å². The number of nitriles is 1. The van der Waals surface area contributed by atoms with Gasteiger partial charge in [-0.1, -0.05) is 19.4 Å². The first-order valence-corrected chi connectivity index (χ1v) is 6.29. The Bertz CT molecular complexity index is 462. The van der Waals surface area contributed by atoms with Crippen molar-refractivity contribution in [1.29, 1.82) is 5.26 Å². The molecule has 0 fully saturated rings. The maximum absolute atomic E-state index is 11.6. The van der Waals surface area contributed by atoms with Crippen molar-refractivity contribution in [2.75, 3.05) is 6.54 Å². The maximum atomic E-state index is 11.6. The van der Waals surface area contributed by atoms with E-state index in [-0.39, 0.29) is 11.5 Å². The largest absolute Gasteiger partial charge is 0.384 e. The Kier molecular flexibility index (Phi) is 6.73. The third-order valence-electron chi connectivity index (χ3n) is 2.44. The normalized spacial score (nSPS) is 10.6. The van der Waals surface area contributed by atoms with E-state index < -0.39 is 0 Å². The lowest BCUT2D eigenvalue weighted by Crippen LogP contribution is -2.26. The molecule has 0 aliphatic carbocycles. The minimum absolute atomic E-state index is 0.0760. The van der Waals surface area contributed by atoms with Gasteiger partial charge < -0.3 is 10.6 Å². The Balaban J connectivity index is 2.44. The molecule has 1 heterocycles. The summed E-state index contributed by atoms with van der Waals surface area (Å²) in [5.41, 5.74) is 0.925. The van der Waals surface area contributed by atoms with Crippen molar-refractivity contribution < 1.29 is 4.79 Å². The highest BCUT2D eigenvalue weighted by molar-refractivity contribution is 5.97. The van der Waals surface area contributed by atoms with Crippen molar-refractivity contribution in [3.05, 3.63) is 41.9 Å². The van der Waals surface area contributed by atoms with E-state index in [1.54, 1.807) is 6.20 Å². The zero-order valence-electron chi connectivity index (χ0n) is 11.0. The average molecular weight is 258 g/mol. The van der Waals surface area contributed by atoms with Crippen molar-refractivity contribution >= 4 is 5.91 Å². The fourth-order valence-corrected chi connectivity index (χ4v) is 1.38. The number of pyridine rings is 1. The molecule has 2 N–H and O–H groups in total. The zero-order chi connectivity index (χ0) is 13.9. The van der Waals surface area contributed by atoms with Gasteiger partial charge in [0.2, 0.25) is 0 Å². The molecule has 0 saturated carbocycles. The molecule has 1 aromatic rings. The van der Waals surface area contributed by atoms with Crippen LogP contribution < -0.4 is 10.6 Å². The number of nitrogens with zero attached hydrogens (tertiary/aromatic N) is 2. The van der Waals surface area contributed by atoms with E-state index in [1.165, 1.54) is 6.20 Å². The van der Waals surface area contributed by atoms with Crippen LogP contribution in [0.15, 0.2) is 36.2 Å². The molecule has 0 atom stereocenters. The Hall–Kier alpha value is -2.35. The lowest BCUT2D eigenvalue weighted by atomic mass is 10.2. The number of amides is 1. The van der Waals surface area contributed by atoms with Crippen LogP contribution in [0.5, 0.6) is 0 Å². The number of hydrogen-bond acceptors (Lipinski definition) is 4. The molecule has 0 spiro atoms. The molecule has 0 aromatic carbocycles. The third kappa shape index (κ3) is 5.68. The van der Waals surface area contributed by atoms with E-state index in [2.05, 4.69) is 15.6 Å². The molecule has 19 heavy (non-hydrogen) atoms. The molecule has 0 bridgehead atoms. The highest BCUT2D eigenvalue weighted by Gasteiger charge is 2.07. The van der Waals surface area contributed by atoms with E-state index in [9.17, 15) is 4.79 Å². The van der Waals surface area contributed by atoms with E-state index >= 15 is 0 Å². The Morgan fingerprint density at radius 3 is 3.00 bits per heavy atom. The molecule has 100 valence electrons. The number of unbranched alkanes of at least 4 members (excludes halogenated alkanes) is 1. The Morgan fingerprint density at radius 1 is 1.53 bits per heavy atom. The highest BCUT2D eigenvalue weighted by atomic mass is 16.1. The van der Waals surface area contributed by atoms with Gasteiger partial charge in [0.15, 0.2) is 0 Å². The number of hydrogen-bond donors (Lipinski definition) is 2. The van der Waals surface area contributed by atoms with Gasteiger partial charge in [-0.25, -0.2) is 0 Å². The second kappa shape index (κ2) is 8.70. The smallest absolute Gasteiger partial charge is 0.263 e. The van der Waals surface area contributed by atoms with Crippen LogP contribution in [0, 0.1) is 11.3 Å². The fraction of sp³-hybridized carbons (Fsp3) is 0.357. The first-order valence-electron chi connectivity index (χ1n) is 6.29. The van der Waals surface area contributed by atoms with Crippen molar-refractivity contribution in [3.8, 4) is 6.07 Å². The van der Waals surface area contributed by atoms with Crippen LogP contribution in [-0.2, 0) is 11.3 Å². The van der Waals surface area contributed by atoms with Crippen LogP contribution in [0.1, 0.15) is 25.5 Å². The van der Waals surface area contributed by atoms with Crippen LogP contribution in [0.4, 0.5) is 0 Å². The number of rotatable bonds is 7. The molecular formula is C14H18N4O. The van der Waals surface area contributed by atoms with Gasteiger partial charge in [-0.3, -0.25) is 9.78 Å². The Labute approximate surface area is 113 Å². The minimum atomic E-state index is -0.343. The predicted molar refractivity (Wildman–Crippen MR) is 72.7 cm³/mol. The molecule has 5 nitrogen and oxygen atoms in total. The number of aromatic nitrogens is 1. The van der Waals surface area contributed by atoms with Gasteiger partial charge in [-0.15, -0.1) is 0 Å². The summed E-state index contributed by atoms with van der Waals surface area (Å²) in [7, 11) is 0. The lowest BCUT2D eigenvalue weighted by Gasteiger charge is -2.04. The van der Waals surface area contributed by atoms with Crippen molar-refractivity contribution in [3.63, 3.8) is 0 Å². The van der Waals surface area contributed by atoms with E-state index in [0.29, 0.717) is 13.1 Å². The van der Waals surface area contributed by atoms with E-state index in [0.717, 1.165) is 18.5 Å². The topological polar surface area (TPSA) is 77.8 Å². The van der Waals surface area contributed by atoms with Gasteiger partial charge in [0.25, 0.3) is 5.91 Å². The highest BCUT2D eigenvalue weighted by Crippen LogP contribution is 1.95. The molecule has 0 aliphatic heterocycles. The summed E-state index contributed by atoms with van der Waals surface area (Å²) in [6.07, 6.45) is 5.04. The van der Waals surface area contributed by atoms with E-state index in [1.807, 2.05) is 31.2 Å². The van der Waals surface area contributed by atoms with Crippen LogP contribution in [0.3, 0.4) is 0 Å². The Morgan fingerprint density at radius 2 is 2.37 bits per heavy atom. The first kappa shape index (κ1) is 14.7. The molecule has 1 rings (SSSR count). The molecule has 0 saturated heterocycles. The van der Waals surface area contributed by atoms with Crippen LogP contribution >= 0.6 is 0 Å². The summed E-state index contributed by atoms with van der Waals surface area (Å²) >= 11 is 0.